The van der Waals surface area contributed by atoms with Crippen molar-refractivity contribution in [1.29, 1.82) is 0 Å². The fourth-order valence-electron chi connectivity index (χ4n) is 2.63. The second-order valence-corrected chi connectivity index (χ2v) is 5.56. The summed E-state index contributed by atoms with van der Waals surface area (Å²) in [6.45, 7) is 0.556. The molecule has 0 aliphatic rings. The van der Waals surface area contributed by atoms with Crippen molar-refractivity contribution >= 4 is 5.95 Å². The van der Waals surface area contributed by atoms with Gasteiger partial charge < -0.3 is 19.4 Å². The molecule has 2 aromatic carbocycles. The van der Waals surface area contributed by atoms with Gasteiger partial charge in [-0.25, -0.2) is 9.37 Å². The number of halogens is 1. The average Bonchev–Trinajstić information content (AvgIpc) is 3.01. The molecule has 0 aliphatic carbocycles. The van der Waals surface area contributed by atoms with E-state index in [1.807, 2.05) is 29.8 Å². The number of ether oxygens (including phenoxy) is 2. The third kappa shape index (κ3) is 3.57. The fourth-order valence-corrected chi connectivity index (χ4v) is 2.63. The molecule has 6 heteroatoms. The topological polar surface area (TPSA) is 48.3 Å². The molecule has 0 amide bonds. The highest BCUT2D eigenvalue weighted by atomic mass is 19.1. The molecule has 1 heterocycles. The molecule has 0 unspecified atom stereocenters. The van der Waals surface area contributed by atoms with Crippen LogP contribution in [0.25, 0.3) is 11.3 Å². The number of hydrogen-bond acceptors (Lipinski definition) is 4. The van der Waals surface area contributed by atoms with Crippen LogP contribution in [0.1, 0.15) is 5.56 Å². The number of benzene rings is 2. The van der Waals surface area contributed by atoms with Crippen molar-refractivity contribution in [3.8, 4) is 22.8 Å². The van der Waals surface area contributed by atoms with Gasteiger partial charge in [0.15, 0.2) is 0 Å². The van der Waals surface area contributed by atoms with Crippen LogP contribution in [0.3, 0.4) is 0 Å². The molecule has 0 radical (unpaired) electrons. The summed E-state index contributed by atoms with van der Waals surface area (Å²) in [5.41, 5.74) is 2.81. The van der Waals surface area contributed by atoms with Gasteiger partial charge in [0.2, 0.25) is 5.95 Å². The minimum atomic E-state index is -0.254. The van der Waals surface area contributed by atoms with Gasteiger partial charge in [0.05, 0.1) is 26.1 Å². The summed E-state index contributed by atoms with van der Waals surface area (Å²) in [6, 6.07) is 12.1. The lowest BCUT2D eigenvalue weighted by atomic mass is 10.2. The van der Waals surface area contributed by atoms with Crippen LogP contribution in [0, 0.1) is 5.82 Å². The molecule has 130 valence electrons. The number of aromatic nitrogens is 2. The van der Waals surface area contributed by atoms with Crippen molar-refractivity contribution in [2.75, 3.05) is 19.5 Å². The number of imidazole rings is 1. The summed E-state index contributed by atoms with van der Waals surface area (Å²) >= 11 is 0. The maximum absolute atomic E-state index is 13.1. The molecule has 0 aliphatic heterocycles. The first-order valence-electron chi connectivity index (χ1n) is 7.85. The van der Waals surface area contributed by atoms with Gasteiger partial charge in [0.1, 0.15) is 17.3 Å². The van der Waals surface area contributed by atoms with E-state index in [1.165, 1.54) is 12.1 Å². The first kappa shape index (κ1) is 16.8. The molecule has 3 rings (SSSR count). The van der Waals surface area contributed by atoms with E-state index in [-0.39, 0.29) is 5.82 Å². The molecule has 0 atom stereocenters. The highest BCUT2D eigenvalue weighted by Gasteiger charge is 2.10. The van der Waals surface area contributed by atoms with E-state index in [0.717, 1.165) is 34.3 Å². The van der Waals surface area contributed by atoms with Crippen LogP contribution in [0.5, 0.6) is 11.5 Å². The molecule has 3 aromatic rings. The maximum Gasteiger partial charge on any atom is 0.203 e. The Balaban J connectivity index is 1.77. The van der Waals surface area contributed by atoms with Crippen molar-refractivity contribution in [2.45, 2.75) is 6.54 Å². The summed E-state index contributed by atoms with van der Waals surface area (Å²) in [6.07, 6.45) is 1.76. The lowest BCUT2D eigenvalue weighted by molar-refractivity contribution is 0.391. The minimum Gasteiger partial charge on any atom is -0.497 e. The lowest BCUT2D eigenvalue weighted by Gasteiger charge is -2.12. The van der Waals surface area contributed by atoms with E-state index in [1.54, 1.807) is 32.5 Å². The molecule has 0 saturated heterocycles. The lowest BCUT2D eigenvalue weighted by Crippen LogP contribution is -2.07. The van der Waals surface area contributed by atoms with Crippen LogP contribution in [-0.2, 0) is 13.6 Å². The van der Waals surface area contributed by atoms with Crippen molar-refractivity contribution in [3.05, 3.63) is 60.0 Å². The Kier molecular flexibility index (Phi) is 4.88. The molecule has 0 bridgehead atoms. The zero-order chi connectivity index (χ0) is 17.8. The number of rotatable bonds is 6. The molecule has 0 spiro atoms. The Labute approximate surface area is 146 Å². The van der Waals surface area contributed by atoms with Gasteiger partial charge in [-0.05, 0) is 36.4 Å². The van der Waals surface area contributed by atoms with Crippen molar-refractivity contribution in [1.82, 2.24) is 9.55 Å². The number of methoxy groups -OCH3 is 2. The Morgan fingerprint density at radius 1 is 1.08 bits per heavy atom. The molecular formula is C19H20FN3O2. The summed E-state index contributed by atoms with van der Waals surface area (Å²) in [5.74, 6) is 1.96. The van der Waals surface area contributed by atoms with Gasteiger partial charge in [-0.3, -0.25) is 0 Å². The second-order valence-electron chi connectivity index (χ2n) is 5.56. The predicted molar refractivity (Wildman–Crippen MR) is 95.5 cm³/mol. The predicted octanol–water partition coefficient (Wildman–Crippen LogP) is 3.86. The average molecular weight is 341 g/mol. The normalized spacial score (nSPS) is 10.6. The fraction of sp³-hybridized carbons (Fsp3) is 0.211. The Morgan fingerprint density at radius 3 is 2.52 bits per heavy atom. The van der Waals surface area contributed by atoms with Crippen LogP contribution in [0.4, 0.5) is 10.3 Å². The first-order chi connectivity index (χ1) is 12.1. The maximum atomic E-state index is 13.1. The van der Waals surface area contributed by atoms with E-state index in [9.17, 15) is 4.39 Å². The molecular weight excluding hydrogens is 321 g/mol. The van der Waals surface area contributed by atoms with E-state index >= 15 is 0 Å². The number of nitrogens with one attached hydrogen (secondary N) is 1. The summed E-state index contributed by atoms with van der Waals surface area (Å²) in [4.78, 5) is 4.41. The van der Waals surface area contributed by atoms with E-state index in [2.05, 4.69) is 10.3 Å². The van der Waals surface area contributed by atoms with Gasteiger partial charge in [-0.1, -0.05) is 0 Å². The molecule has 0 fully saturated rings. The van der Waals surface area contributed by atoms with Crippen molar-refractivity contribution in [3.63, 3.8) is 0 Å². The molecule has 1 aromatic heterocycles. The zero-order valence-electron chi connectivity index (χ0n) is 14.4. The summed E-state index contributed by atoms with van der Waals surface area (Å²) in [5, 5.41) is 3.30. The van der Waals surface area contributed by atoms with Crippen LogP contribution < -0.4 is 14.8 Å². The van der Waals surface area contributed by atoms with Gasteiger partial charge in [-0.2, -0.15) is 0 Å². The van der Waals surface area contributed by atoms with Crippen LogP contribution >= 0.6 is 0 Å². The third-order valence-electron chi connectivity index (χ3n) is 4.06. The monoisotopic (exact) mass is 341 g/mol. The Bertz CT molecular complexity index is 860. The van der Waals surface area contributed by atoms with Gasteiger partial charge >= 0.3 is 0 Å². The van der Waals surface area contributed by atoms with Crippen LogP contribution in [0.2, 0.25) is 0 Å². The summed E-state index contributed by atoms with van der Waals surface area (Å²) < 4.78 is 25.6. The zero-order valence-corrected chi connectivity index (χ0v) is 14.4. The summed E-state index contributed by atoms with van der Waals surface area (Å²) in [7, 11) is 5.17. The largest absolute Gasteiger partial charge is 0.497 e. The molecule has 5 nitrogen and oxygen atoms in total. The SMILES string of the molecule is COc1ccc(CNc2ncc(-c3ccc(F)cc3)n2C)c(OC)c1. The number of nitrogens with zero attached hydrogens (tertiary/aromatic N) is 2. The van der Waals surface area contributed by atoms with Gasteiger partial charge in [0.25, 0.3) is 0 Å². The van der Waals surface area contributed by atoms with Crippen molar-refractivity contribution in [2.24, 2.45) is 7.05 Å². The highest BCUT2D eigenvalue weighted by Crippen LogP contribution is 2.26. The van der Waals surface area contributed by atoms with Crippen LogP contribution in [0.15, 0.2) is 48.7 Å². The third-order valence-corrected chi connectivity index (χ3v) is 4.06. The number of hydrogen-bond donors (Lipinski definition) is 1. The molecule has 25 heavy (non-hydrogen) atoms. The molecule has 0 saturated carbocycles. The van der Waals surface area contributed by atoms with Gasteiger partial charge in [0, 0.05) is 30.8 Å². The Morgan fingerprint density at radius 2 is 1.84 bits per heavy atom. The standard InChI is InChI=1S/C19H20FN3O2/c1-23-17(13-4-7-15(20)8-5-13)12-22-19(23)21-11-14-6-9-16(24-2)10-18(14)25-3/h4-10,12H,11H2,1-3H3,(H,21,22). The van der Waals surface area contributed by atoms with E-state index in [4.69, 9.17) is 9.47 Å². The quantitative estimate of drug-likeness (QED) is 0.740. The minimum absolute atomic E-state index is 0.254. The second kappa shape index (κ2) is 7.25. The van der Waals surface area contributed by atoms with E-state index in [0.29, 0.717) is 6.54 Å². The van der Waals surface area contributed by atoms with E-state index < -0.39 is 0 Å². The van der Waals surface area contributed by atoms with Gasteiger partial charge in [-0.15, -0.1) is 0 Å². The first-order valence-corrected chi connectivity index (χ1v) is 7.85. The smallest absolute Gasteiger partial charge is 0.203 e. The Hall–Kier alpha value is -3.02. The highest BCUT2D eigenvalue weighted by molar-refractivity contribution is 5.61. The van der Waals surface area contributed by atoms with Crippen LogP contribution in [-0.4, -0.2) is 23.8 Å². The van der Waals surface area contributed by atoms with Crippen molar-refractivity contribution < 1.29 is 13.9 Å². The molecule has 1 N–H and O–H groups in total. The number of anilines is 1.